The number of hydrogen-bond donors (Lipinski definition) is 1. The van der Waals surface area contributed by atoms with Gasteiger partial charge >= 0.3 is 0 Å². The first-order chi connectivity index (χ1) is 8.33. The predicted octanol–water partition coefficient (Wildman–Crippen LogP) is 3.76. The molecule has 3 heteroatoms. The van der Waals surface area contributed by atoms with Crippen molar-refractivity contribution in [2.24, 2.45) is 0 Å². The molecule has 0 aliphatic carbocycles. The van der Waals surface area contributed by atoms with Gasteiger partial charge in [0.1, 0.15) is 5.82 Å². The van der Waals surface area contributed by atoms with Crippen LogP contribution in [0.2, 0.25) is 0 Å². The van der Waals surface area contributed by atoms with E-state index in [2.05, 4.69) is 12.2 Å². The van der Waals surface area contributed by atoms with E-state index in [-0.39, 0.29) is 11.9 Å². The minimum Gasteiger partial charge on any atom is -0.309 e. The normalized spacial score (nSPS) is 22.4. The number of rotatable bonds is 4. The Morgan fingerprint density at radius 3 is 2.88 bits per heavy atom. The first-order valence-corrected chi connectivity index (χ1v) is 7.47. The van der Waals surface area contributed by atoms with Crippen molar-refractivity contribution in [1.29, 1.82) is 0 Å². The van der Waals surface area contributed by atoms with Gasteiger partial charge in [0.25, 0.3) is 0 Å². The Balaban J connectivity index is 2.18. The van der Waals surface area contributed by atoms with Crippen LogP contribution in [-0.4, -0.2) is 17.5 Å². The fourth-order valence-electron chi connectivity index (χ4n) is 2.42. The average molecular weight is 253 g/mol. The van der Waals surface area contributed by atoms with E-state index in [0.717, 1.165) is 12.1 Å². The van der Waals surface area contributed by atoms with Crippen molar-refractivity contribution in [3.63, 3.8) is 0 Å². The standard InChI is InChI=1S/C14H20FNS/c1-2-16-14(13-9-5-6-10-17-13)11-7-3-4-8-12(11)15/h3-4,7-8,13-14,16H,2,5-6,9-10H2,1H3. The lowest BCUT2D eigenvalue weighted by molar-refractivity contribution is 0.469. The number of thioether (sulfide) groups is 1. The van der Waals surface area contributed by atoms with Crippen LogP contribution in [0.25, 0.3) is 0 Å². The lowest BCUT2D eigenvalue weighted by Gasteiger charge is -2.31. The van der Waals surface area contributed by atoms with E-state index in [4.69, 9.17) is 0 Å². The molecule has 2 rings (SSSR count). The molecule has 2 unspecified atom stereocenters. The molecule has 1 aliphatic rings. The predicted molar refractivity (Wildman–Crippen MR) is 72.9 cm³/mol. The van der Waals surface area contributed by atoms with Crippen LogP contribution in [-0.2, 0) is 0 Å². The van der Waals surface area contributed by atoms with Gasteiger partial charge in [-0.1, -0.05) is 31.5 Å². The van der Waals surface area contributed by atoms with Crippen molar-refractivity contribution in [3.05, 3.63) is 35.6 Å². The Hall–Kier alpha value is -0.540. The first kappa shape index (κ1) is 12.9. The molecular weight excluding hydrogens is 233 g/mol. The number of hydrogen-bond acceptors (Lipinski definition) is 2. The number of halogens is 1. The molecule has 1 fully saturated rings. The van der Waals surface area contributed by atoms with Crippen LogP contribution in [0.5, 0.6) is 0 Å². The van der Waals surface area contributed by atoms with E-state index in [9.17, 15) is 4.39 Å². The van der Waals surface area contributed by atoms with Crippen LogP contribution >= 0.6 is 11.8 Å². The molecule has 0 spiro atoms. The number of benzene rings is 1. The largest absolute Gasteiger partial charge is 0.309 e. The zero-order chi connectivity index (χ0) is 12.1. The first-order valence-electron chi connectivity index (χ1n) is 6.42. The zero-order valence-corrected chi connectivity index (χ0v) is 11.1. The lowest BCUT2D eigenvalue weighted by atomic mass is 9.99. The minimum absolute atomic E-state index is 0.0791. The Morgan fingerprint density at radius 1 is 1.41 bits per heavy atom. The summed E-state index contributed by atoms with van der Waals surface area (Å²) in [7, 11) is 0. The summed E-state index contributed by atoms with van der Waals surface area (Å²) in [5.41, 5.74) is 0.828. The molecule has 1 aliphatic heterocycles. The van der Waals surface area contributed by atoms with Crippen LogP contribution < -0.4 is 5.32 Å². The molecule has 17 heavy (non-hydrogen) atoms. The molecule has 1 heterocycles. The van der Waals surface area contributed by atoms with Gasteiger partial charge in [-0.25, -0.2) is 4.39 Å². The quantitative estimate of drug-likeness (QED) is 0.877. The highest BCUT2D eigenvalue weighted by Crippen LogP contribution is 2.35. The van der Waals surface area contributed by atoms with E-state index in [1.54, 1.807) is 12.1 Å². The molecule has 0 amide bonds. The van der Waals surface area contributed by atoms with Crippen molar-refractivity contribution in [2.45, 2.75) is 37.5 Å². The van der Waals surface area contributed by atoms with Crippen LogP contribution in [0.15, 0.2) is 24.3 Å². The Morgan fingerprint density at radius 2 is 2.24 bits per heavy atom. The third-order valence-electron chi connectivity index (χ3n) is 3.25. The summed E-state index contributed by atoms with van der Waals surface area (Å²) in [5.74, 6) is 1.13. The molecule has 1 N–H and O–H groups in total. The van der Waals surface area contributed by atoms with Crippen molar-refractivity contribution >= 4 is 11.8 Å². The molecule has 1 nitrogen and oxygen atoms in total. The maximum absolute atomic E-state index is 13.9. The van der Waals surface area contributed by atoms with Crippen LogP contribution in [0.1, 0.15) is 37.8 Å². The third kappa shape index (κ3) is 3.23. The lowest BCUT2D eigenvalue weighted by Crippen LogP contribution is -2.32. The second-order valence-electron chi connectivity index (χ2n) is 4.46. The van der Waals surface area contributed by atoms with Gasteiger partial charge in [-0.3, -0.25) is 0 Å². The Labute approximate surface area is 107 Å². The SMILES string of the molecule is CCNC(c1ccccc1F)C1CCCCS1. The fraction of sp³-hybridized carbons (Fsp3) is 0.571. The summed E-state index contributed by atoms with van der Waals surface area (Å²) in [6.07, 6.45) is 3.77. The van der Waals surface area contributed by atoms with Gasteiger partial charge in [0.2, 0.25) is 0 Å². The summed E-state index contributed by atoms with van der Waals surface area (Å²) in [5, 5.41) is 3.96. The minimum atomic E-state index is -0.0791. The van der Waals surface area contributed by atoms with Gasteiger partial charge < -0.3 is 5.32 Å². The van der Waals surface area contributed by atoms with Crippen molar-refractivity contribution in [1.82, 2.24) is 5.32 Å². The molecular formula is C14H20FNS. The average Bonchev–Trinajstić information content (AvgIpc) is 2.38. The topological polar surface area (TPSA) is 12.0 Å². The van der Waals surface area contributed by atoms with Crippen LogP contribution in [0.4, 0.5) is 4.39 Å². The van der Waals surface area contributed by atoms with Gasteiger partial charge in [0, 0.05) is 16.9 Å². The molecule has 0 bridgehead atoms. The van der Waals surface area contributed by atoms with E-state index in [1.807, 2.05) is 23.9 Å². The van der Waals surface area contributed by atoms with Crippen molar-refractivity contribution in [3.8, 4) is 0 Å². The number of nitrogens with one attached hydrogen (secondary N) is 1. The molecule has 94 valence electrons. The van der Waals surface area contributed by atoms with Gasteiger partial charge in [-0.2, -0.15) is 11.8 Å². The highest BCUT2D eigenvalue weighted by atomic mass is 32.2. The highest BCUT2D eigenvalue weighted by molar-refractivity contribution is 8.00. The van der Waals surface area contributed by atoms with E-state index < -0.39 is 0 Å². The smallest absolute Gasteiger partial charge is 0.128 e. The fourth-order valence-corrected chi connectivity index (χ4v) is 3.86. The van der Waals surface area contributed by atoms with Gasteiger partial charge in [0.05, 0.1) is 0 Å². The maximum atomic E-state index is 13.9. The molecule has 0 aromatic heterocycles. The van der Waals surface area contributed by atoms with E-state index in [1.165, 1.54) is 25.0 Å². The molecule has 0 saturated carbocycles. The van der Waals surface area contributed by atoms with Gasteiger partial charge in [-0.15, -0.1) is 0 Å². The van der Waals surface area contributed by atoms with Crippen LogP contribution in [0, 0.1) is 5.82 Å². The van der Waals surface area contributed by atoms with Gasteiger partial charge in [0.15, 0.2) is 0 Å². The van der Waals surface area contributed by atoms with Crippen molar-refractivity contribution < 1.29 is 4.39 Å². The Kier molecular flexibility index (Phi) is 4.86. The second kappa shape index (κ2) is 6.41. The summed E-state index contributed by atoms with van der Waals surface area (Å²) in [4.78, 5) is 0. The molecule has 1 saturated heterocycles. The molecule has 0 radical (unpaired) electrons. The third-order valence-corrected chi connectivity index (χ3v) is 4.71. The van der Waals surface area contributed by atoms with E-state index >= 15 is 0 Å². The molecule has 1 aromatic carbocycles. The highest BCUT2D eigenvalue weighted by Gasteiger charge is 2.26. The monoisotopic (exact) mass is 253 g/mol. The second-order valence-corrected chi connectivity index (χ2v) is 5.81. The summed E-state index contributed by atoms with van der Waals surface area (Å²) in [6, 6.07) is 7.32. The summed E-state index contributed by atoms with van der Waals surface area (Å²) < 4.78 is 13.9. The summed E-state index contributed by atoms with van der Waals surface area (Å²) in [6.45, 7) is 2.97. The summed E-state index contributed by atoms with van der Waals surface area (Å²) >= 11 is 1.99. The van der Waals surface area contributed by atoms with Crippen LogP contribution in [0.3, 0.4) is 0 Å². The Bertz CT molecular complexity index is 350. The maximum Gasteiger partial charge on any atom is 0.128 e. The zero-order valence-electron chi connectivity index (χ0n) is 10.3. The van der Waals surface area contributed by atoms with E-state index in [0.29, 0.717) is 5.25 Å². The molecule has 1 aromatic rings. The van der Waals surface area contributed by atoms with Gasteiger partial charge in [-0.05, 0) is 31.2 Å². The molecule has 2 atom stereocenters. The van der Waals surface area contributed by atoms with Crippen molar-refractivity contribution in [2.75, 3.05) is 12.3 Å².